The smallest absolute Gasteiger partial charge is 0.150 e. The number of ether oxygens (including phenoxy) is 1. The van der Waals surface area contributed by atoms with E-state index < -0.39 is 0 Å². The normalized spacial score (nSPS) is 9.00. The largest absolute Gasteiger partial charge is 0.497 e. The Morgan fingerprint density at radius 1 is 1.12 bits per heavy atom. The SMILES string of the molecule is COc1ccc(-n2ncc(N)c2N)cc1.Cl.Cl. The fourth-order valence-corrected chi connectivity index (χ4v) is 1.30. The summed E-state index contributed by atoms with van der Waals surface area (Å²) in [4.78, 5) is 0. The minimum absolute atomic E-state index is 0. The second kappa shape index (κ2) is 6.22. The molecule has 0 saturated heterocycles. The van der Waals surface area contributed by atoms with Crippen LogP contribution in [0, 0.1) is 0 Å². The second-order valence-corrected chi connectivity index (χ2v) is 3.09. The number of halogens is 2. The van der Waals surface area contributed by atoms with Crippen LogP contribution in [0.5, 0.6) is 5.75 Å². The number of nitrogens with zero attached hydrogens (tertiary/aromatic N) is 2. The van der Waals surface area contributed by atoms with Crippen molar-refractivity contribution in [1.82, 2.24) is 9.78 Å². The summed E-state index contributed by atoms with van der Waals surface area (Å²) < 4.78 is 6.63. The number of anilines is 2. The zero-order valence-electron chi connectivity index (χ0n) is 9.16. The number of hydrogen-bond acceptors (Lipinski definition) is 4. The molecule has 0 fully saturated rings. The summed E-state index contributed by atoms with van der Waals surface area (Å²) in [6.07, 6.45) is 1.53. The number of hydrogen-bond donors (Lipinski definition) is 2. The lowest BCUT2D eigenvalue weighted by Crippen LogP contribution is -2.02. The highest BCUT2D eigenvalue weighted by molar-refractivity contribution is 5.85. The predicted octanol–water partition coefficient (Wildman–Crippen LogP) is 1.89. The molecule has 1 aromatic heterocycles. The molecule has 0 aliphatic rings. The Labute approximate surface area is 112 Å². The first kappa shape index (κ1) is 15.4. The molecule has 94 valence electrons. The van der Waals surface area contributed by atoms with Crippen molar-refractivity contribution in [2.45, 2.75) is 0 Å². The first-order chi connectivity index (χ1) is 7.22. The standard InChI is InChI=1S/C10H12N4O.2ClH/c1-15-8-4-2-7(3-5-8)14-10(12)9(11)6-13-14;;/h2-6H,11-12H2,1H3;2*1H. The van der Waals surface area contributed by atoms with Crippen LogP contribution in [0.15, 0.2) is 30.5 Å². The summed E-state index contributed by atoms with van der Waals surface area (Å²) in [5.41, 5.74) is 12.7. The van der Waals surface area contributed by atoms with Crippen LogP contribution in [0.1, 0.15) is 0 Å². The summed E-state index contributed by atoms with van der Waals surface area (Å²) in [5, 5.41) is 4.07. The molecule has 4 N–H and O–H groups in total. The Morgan fingerprint density at radius 2 is 1.71 bits per heavy atom. The molecular weight excluding hydrogens is 263 g/mol. The number of benzene rings is 1. The van der Waals surface area contributed by atoms with Gasteiger partial charge in [0, 0.05) is 0 Å². The van der Waals surface area contributed by atoms with Crippen molar-refractivity contribution in [3.8, 4) is 11.4 Å². The van der Waals surface area contributed by atoms with Gasteiger partial charge in [-0.2, -0.15) is 5.10 Å². The molecule has 2 rings (SSSR count). The number of nitrogens with two attached hydrogens (primary N) is 2. The third kappa shape index (κ3) is 2.95. The molecule has 0 unspecified atom stereocenters. The number of methoxy groups -OCH3 is 1. The van der Waals surface area contributed by atoms with Crippen LogP contribution in [0.3, 0.4) is 0 Å². The van der Waals surface area contributed by atoms with Gasteiger partial charge >= 0.3 is 0 Å². The van der Waals surface area contributed by atoms with Crippen molar-refractivity contribution in [2.75, 3.05) is 18.6 Å². The quantitative estimate of drug-likeness (QED) is 0.878. The third-order valence-electron chi connectivity index (χ3n) is 2.15. The molecule has 0 amide bonds. The Kier molecular flexibility index (Phi) is 5.64. The topological polar surface area (TPSA) is 79.1 Å². The molecule has 2 aromatic rings. The fourth-order valence-electron chi connectivity index (χ4n) is 1.30. The van der Waals surface area contributed by atoms with E-state index >= 15 is 0 Å². The number of aromatic nitrogens is 2. The molecule has 0 atom stereocenters. The van der Waals surface area contributed by atoms with Gasteiger partial charge in [-0.25, -0.2) is 4.68 Å². The number of nitrogen functional groups attached to an aromatic ring is 2. The number of rotatable bonds is 2. The second-order valence-electron chi connectivity index (χ2n) is 3.09. The molecule has 0 bridgehead atoms. The lowest BCUT2D eigenvalue weighted by Gasteiger charge is -2.05. The van der Waals surface area contributed by atoms with Crippen LogP contribution < -0.4 is 16.2 Å². The van der Waals surface area contributed by atoms with Gasteiger partial charge in [0.05, 0.1) is 24.7 Å². The van der Waals surface area contributed by atoms with E-state index in [0.29, 0.717) is 11.5 Å². The fraction of sp³-hybridized carbons (Fsp3) is 0.100. The summed E-state index contributed by atoms with van der Waals surface area (Å²) in [7, 11) is 1.62. The first-order valence-corrected chi connectivity index (χ1v) is 4.46. The Balaban J connectivity index is 0.00000128. The van der Waals surface area contributed by atoms with Gasteiger partial charge in [0.1, 0.15) is 11.6 Å². The van der Waals surface area contributed by atoms with E-state index in [2.05, 4.69) is 5.10 Å². The van der Waals surface area contributed by atoms with Crippen LogP contribution in [-0.2, 0) is 0 Å². The summed E-state index contributed by atoms with van der Waals surface area (Å²) >= 11 is 0. The molecule has 7 heteroatoms. The highest BCUT2D eigenvalue weighted by Gasteiger charge is 2.05. The first-order valence-electron chi connectivity index (χ1n) is 4.46. The van der Waals surface area contributed by atoms with Gasteiger partial charge < -0.3 is 16.2 Å². The minimum Gasteiger partial charge on any atom is -0.497 e. The van der Waals surface area contributed by atoms with Crippen molar-refractivity contribution < 1.29 is 4.74 Å². The monoisotopic (exact) mass is 276 g/mol. The maximum absolute atomic E-state index is 5.75. The highest BCUT2D eigenvalue weighted by atomic mass is 35.5. The Hall–Kier alpha value is -1.59. The molecule has 5 nitrogen and oxygen atoms in total. The van der Waals surface area contributed by atoms with E-state index in [1.807, 2.05) is 24.3 Å². The van der Waals surface area contributed by atoms with Crippen LogP contribution in [0.2, 0.25) is 0 Å². The van der Waals surface area contributed by atoms with E-state index in [4.69, 9.17) is 16.2 Å². The van der Waals surface area contributed by atoms with Crippen LogP contribution >= 0.6 is 24.8 Å². The summed E-state index contributed by atoms with van der Waals surface area (Å²) in [5.74, 6) is 1.23. The van der Waals surface area contributed by atoms with Gasteiger partial charge in [-0.05, 0) is 24.3 Å². The predicted molar refractivity (Wildman–Crippen MR) is 73.4 cm³/mol. The van der Waals surface area contributed by atoms with Crippen molar-refractivity contribution in [3.05, 3.63) is 30.5 Å². The van der Waals surface area contributed by atoms with Gasteiger partial charge in [0.2, 0.25) is 0 Å². The average Bonchev–Trinajstić information content (AvgIpc) is 2.60. The molecule has 1 aromatic carbocycles. The maximum atomic E-state index is 5.75. The van der Waals surface area contributed by atoms with E-state index in [1.165, 1.54) is 6.20 Å². The van der Waals surface area contributed by atoms with Gasteiger partial charge in [-0.3, -0.25) is 0 Å². The van der Waals surface area contributed by atoms with Crippen molar-refractivity contribution in [1.29, 1.82) is 0 Å². The van der Waals surface area contributed by atoms with Gasteiger partial charge in [0.15, 0.2) is 0 Å². The van der Waals surface area contributed by atoms with E-state index in [1.54, 1.807) is 11.8 Å². The van der Waals surface area contributed by atoms with Gasteiger partial charge in [-0.1, -0.05) is 0 Å². The molecule has 0 aliphatic heterocycles. The Morgan fingerprint density at radius 3 is 2.12 bits per heavy atom. The average molecular weight is 277 g/mol. The van der Waals surface area contributed by atoms with E-state index in [9.17, 15) is 0 Å². The van der Waals surface area contributed by atoms with Gasteiger partial charge in [0.25, 0.3) is 0 Å². The van der Waals surface area contributed by atoms with E-state index in [0.717, 1.165) is 11.4 Å². The maximum Gasteiger partial charge on any atom is 0.150 e. The van der Waals surface area contributed by atoms with Crippen LogP contribution in [0.4, 0.5) is 11.5 Å². The molecule has 0 saturated carbocycles. The van der Waals surface area contributed by atoms with Crippen LogP contribution in [-0.4, -0.2) is 16.9 Å². The zero-order chi connectivity index (χ0) is 10.8. The third-order valence-corrected chi connectivity index (χ3v) is 2.15. The molecule has 17 heavy (non-hydrogen) atoms. The molecular formula is C10H14Cl2N4O. The van der Waals surface area contributed by atoms with Crippen molar-refractivity contribution in [2.24, 2.45) is 0 Å². The van der Waals surface area contributed by atoms with Crippen molar-refractivity contribution >= 4 is 36.3 Å². The summed E-state index contributed by atoms with van der Waals surface area (Å²) in [6, 6.07) is 7.41. The highest BCUT2D eigenvalue weighted by Crippen LogP contribution is 2.20. The summed E-state index contributed by atoms with van der Waals surface area (Å²) in [6.45, 7) is 0. The molecule has 0 spiro atoms. The zero-order valence-corrected chi connectivity index (χ0v) is 10.8. The lowest BCUT2D eigenvalue weighted by atomic mass is 10.3. The molecule has 0 radical (unpaired) electrons. The minimum atomic E-state index is 0. The van der Waals surface area contributed by atoms with Crippen molar-refractivity contribution in [3.63, 3.8) is 0 Å². The molecule has 0 aliphatic carbocycles. The van der Waals surface area contributed by atoms with Crippen LogP contribution in [0.25, 0.3) is 5.69 Å². The lowest BCUT2D eigenvalue weighted by molar-refractivity contribution is 0.414. The van der Waals surface area contributed by atoms with Gasteiger partial charge in [-0.15, -0.1) is 24.8 Å². The molecule has 1 heterocycles. The Bertz CT molecular complexity index is 470. The van der Waals surface area contributed by atoms with E-state index in [-0.39, 0.29) is 24.8 Å².